The average molecular weight is 573 g/mol. The normalized spacial score (nSPS) is 19.8. The van der Waals surface area contributed by atoms with E-state index >= 15 is 0 Å². The standard InChI is InChI=1S/C27H28N2O6S3/c1-27(14-17-36(30,31)20-27)29(38(34,35)26-13-11-22-7-3-5-9-24(22)19-26)16-15-28-37(32,33)25-12-10-21-6-2-4-8-23(21)18-25/h2-13,18-19,28H,14-17,20H2,1H3/t27-/m1/s1. The Bertz CT molecular complexity index is 1850. The van der Waals surface area contributed by atoms with Crippen molar-refractivity contribution >= 4 is 51.4 Å². The van der Waals surface area contributed by atoms with Crippen LogP contribution in [0.5, 0.6) is 0 Å². The maximum absolute atomic E-state index is 13.9. The SMILES string of the molecule is C[C@@]1(N(CCNS(=O)(=O)c2ccc3ccccc3c2)S(=O)(=O)c2ccc3ccccc3c2)CCS(=O)(=O)C1. The van der Waals surface area contributed by atoms with Crippen LogP contribution >= 0.6 is 0 Å². The van der Waals surface area contributed by atoms with Crippen molar-refractivity contribution in [2.24, 2.45) is 0 Å². The maximum Gasteiger partial charge on any atom is 0.243 e. The lowest BCUT2D eigenvalue weighted by Gasteiger charge is -2.36. The number of benzene rings is 4. The number of sulfone groups is 1. The predicted octanol–water partition coefficient (Wildman–Crippen LogP) is 3.54. The Morgan fingerprint density at radius 2 is 1.32 bits per heavy atom. The highest BCUT2D eigenvalue weighted by Gasteiger charge is 2.48. The molecule has 0 spiro atoms. The summed E-state index contributed by atoms with van der Waals surface area (Å²) < 4.78 is 82.3. The number of hydrogen-bond donors (Lipinski definition) is 1. The Morgan fingerprint density at radius 1 is 0.789 bits per heavy atom. The van der Waals surface area contributed by atoms with E-state index in [4.69, 9.17) is 0 Å². The third-order valence-electron chi connectivity index (χ3n) is 7.03. The van der Waals surface area contributed by atoms with Crippen molar-refractivity contribution in [3.8, 4) is 0 Å². The summed E-state index contributed by atoms with van der Waals surface area (Å²) in [6, 6.07) is 24.2. The summed E-state index contributed by atoms with van der Waals surface area (Å²) in [7, 11) is -11.5. The van der Waals surface area contributed by atoms with Crippen molar-refractivity contribution in [2.45, 2.75) is 28.7 Å². The Morgan fingerprint density at radius 3 is 1.87 bits per heavy atom. The van der Waals surface area contributed by atoms with Gasteiger partial charge in [0.1, 0.15) is 0 Å². The summed E-state index contributed by atoms with van der Waals surface area (Å²) in [5.41, 5.74) is -1.21. The molecule has 8 nitrogen and oxygen atoms in total. The van der Waals surface area contributed by atoms with E-state index in [1.807, 2.05) is 42.5 Å². The molecule has 1 aliphatic heterocycles. The summed E-state index contributed by atoms with van der Waals surface area (Å²) in [5.74, 6) is -0.458. The lowest BCUT2D eigenvalue weighted by molar-refractivity contribution is 0.236. The molecule has 4 aromatic carbocycles. The number of sulfonamides is 2. The van der Waals surface area contributed by atoms with E-state index in [0.717, 1.165) is 25.9 Å². The minimum Gasteiger partial charge on any atom is -0.229 e. The summed E-state index contributed by atoms with van der Waals surface area (Å²) in [4.78, 5) is 0.0916. The lowest BCUT2D eigenvalue weighted by Crippen LogP contribution is -2.53. The molecule has 200 valence electrons. The molecular formula is C27H28N2O6S3. The van der Waals surface area contributed by atoms with Gasteiger partial charge in [-0.15, -0.1) is 0 Å². The highest BCUT2D eigenvalue weighted by molar-refractivity contribution is 7.92. The first kappa shape index (κ1) is 26.8. The van der Waals surface area contributed by atoms with Crippen LogP contribution in [0.2, 0.25) is 0 Å². The smallest absolute Gasteiger partial charge is 0.229 e. The second-order valence-corrected chi connectivity index (χ2v) is 15.6. The second-order valence-electron chi connectivity index (χ2n) is 9.83. The topological polar surface area (TPSA) is 118 Å². The number of hydrogen-bond acceptors (Lipinski definition) is 6. The van der Waals surface area contributed by atoms with Crippen molar-refractivity contribution in [3.63, 3.8) is 0 Å². The molecule has 0 aromatic heterocycles. The van der Waals surface area contributed by atoms with Crippen LogP contribution in [0.15, 0.2) is 94.7 Å². The van der Waals surface area contributed by atoms with Gasteiger partial charge in [0.2, 0.25) is 20.0 Å². The Kier molecular flexibility index (Phi) is 6.85. The van der Waals surface area contributed by atoms with Crippen LogP contribution in [-0.2, 0) is 29.9 Å². The van der Waals surface area contributed by atoms with Gasteiger partial charge in [0.05, 0.1) is 21.3 Å². The molecule has 11 heteroatoms. The molecule has 5 rings (SSSR count). The van der Waals surface area contributed by atoms with Gasteiger partial charge in [-0.1, -0.05) is 60.7 Å². The first-order valence-corrected chi connectivity index (χ1v) is 16.8. The molecule has 1 aliphatic rings. The van der Waals surface area contributed by atoms with Crippen molar-refractivity contribution in [3.05, 3.63) is 84.9 Å². The van der Waals surface area contributed by atoms with Crippen LogP contribution in [0.1, 0.15) is 13.3 Å². The van der Waals surface area contributed by atoms with Gasteiger partial charge in [-0.3, -0.25) is 0 Å². The van der Waals surface area contributed by atoms with E-state index in [0.29, 0.717) is 0 Å². The van der Waals surface area contributed by atoms with Crippen LogP contribution in [0, 0.1) is 0 Å². The Balaban J connectivity index is 1.44. The van der Waals surface area contributed by atoms with Gasteiger partial charge < -0.3 is 0 Å². The number of nitrogens with zero attached hydrogens (tertiary/aromatic N) is 1. The zero-order valence-corrected chi connectivity index (χ0v) is 23.2. The number of rotatable bonds is 8. The first-order valence-electron chi connectivity index (χ1n) is 12.1. The van der Waals surface area contributed by atoms with E-state index in [2.05, 4.69) is 4.72 Å². The first-order chi connectivity index (χ1) is 17.9. The zero-order valence-electron chi connectivity index (χ0n) is 20.7. The van der Waals surface area contributed by atoms with E-state index in [1.165, 1.54) is 12.1 Å². The van der Waals surface area contributed by atoms with Crippen molar-refractivity contribution in [2.75, 3.05) is 24.6 Å². The van der Waals surface area contributed by atoms with Gasteiger partial charge in [0.25, 0.3) is 0 Å². The van der Waals surface area contributed by atoms with Gasteiger partial charge in [0.15, 0.2) is 9.84 Å². The highest BCUT2D eigenvalue weighted by Crippen LogP contribution is 2.34. The van der Waals surface area contributed by atoms with Crippen LogP contribution < -0.4 is 4.72 Å². The fraction of sp³-hybridized carbons (Fsp3) is 0.259. The fourth-order valence-electron chi connectivity index (χ4n) is 5.02. The minimum atomic E-state index is -4.16. The molecule has 0 saturated carbocycles. The van der Waals surface area contributed by atoms with Crippen molar-refractivity contribution < 1.29 is 25.3 Å². The minimum absolute atomic E-state index is 0.0270. The average Bonchev–Trinajstić information content (AvgIpc) is 3.18. The third kappa shape index (κ3) is 5.21. The van der Waals surface area contributed by atoms with Crippen LogP contribution in [-0.4, -0.2) is 59.7 Å². The molecular weight excluding hydrogens is 545 g/mol. The highest BCUT2D eigenvalue weighted by atomic mass is 32.2. The van der Waals surface area contributed by atoms with Gasteiger partial charge in [-0.05, 0) is 59.2 Å². The summed E-state index contributed by atoms with van der Waals surface area (Å²) in [5, 5.41) is 3.26. The van der Waals surface area contributed by atoms with Crippen LogP contribution in [0.3, 0.4) is 0 Å². The van der Waals surface area contributed by atoms with Crippen molar-refractivity contribution in [1.29, 1.82) is 0 Å². The van der Waals surface area contributed by atoms with Gasteiger partial charge in [-0.25, -0.2) is 30.0 Å². The monoisotopic (exact) mass is 572 g/mol. The Hall–Kier alpha value is -2.83. The molecule has 0 aliphatic carbocycles. The van der Waals surface area contributed by atoms with Gasteiger partial charge >= 0.3 is 0 Å². The molecule has 38 heavy (non-hydrogen) atoms. The van der Waals surface area contributed by atoms with Crippen LogP contribution in [0.25, 0.3) is 21.5 Å². The molecule has 4 aromatic rings. The molecule has 1 N–H and O–H groups in total. The number of nitrogens with one attached hydrogen (secondary N) is 1. The molecule has 0 unspecified atom stereocenters. The lowest BCUT2D eigenvalue weighted by atomic mass is 10.0. The number of fused-ring (bicyclic) bond motifs is 2. The predicted molar refractivity (Wildman–Crippen MR) is 149 cm³/mol. The van der Waals surface area contributed by atoms with Crippen LogP contribution in [0.4, 0.5) is 0 Å². The quantitative estimate of drug-likeness (QED) is 0.345. The fourth-order valence-corrected chi connectivity index (χ4v) is 10.1. The largest absolute Gasteiger partial charge is 0.243 e. The molecule has 1 heterocycles. The molecule has 1 saturated heterocycles. The van der Waals surface area contributed by atoms with Gasteiger partial charge in [-0.2, -0.15) is 4.31 Å². The van der Waals surface area contributed by atoms with E-state index in [-0.39, 0.29) is 40.8 Å². The summed E-state index contributed by atoms with van der Waals surface area (Å²) >= 11 is 0. The second kappa shape index (κ2) is 9.73. The summed E-state index contributed by atoms with van der Waals surface area (Å²) in [6.07, 6.45) is 0.125. The molecule has 0 bridgehead atoms. The summed E-state index contributed by atoms with van der Waals surface area (Å²) in [6.45, 7) is 1.15. The maximum atomic E-state index is 13.9. The van der Waals surface area contributed by atoms with E-state index in [1.54, 1.807) is 37.3 Å². The van der Waals surface area contributed by atoms with Crippen molar-refractivity contribution in [1.82, 2.24) is 9.03 Å². The Labute approximate surface area is 223 Å². The molecule has 1 fully saturated rings. The van der Waals surface area contributed by atoms with E-state index < -0.39 is 35.4 Å². The molecule has 1 atom stereocenters. The van der Waals surface area contributed by atoms with E-state index in [9.17, 15) is 25.3 Å². The third-order valence-corrected chi connectivity index (χ3v) is 12.4. The molecule has 0 amide bonds. The van der Waals surface area contributed by atoms with Gasteiger partial charge in [0, 0.05) is 18.6 Å². The zero-order chi connectivity index (χ0) is 27.2. The molecule has 0 radical (unpaired) electrons.